The van der Waals surface area contributed by atoms with Crippen LogP contribution >= 0.6 is 0 Å². The molecule has 4 aromatic rings. The van der Waals surface area contributed by atoms with Gasteiger partial charge in [-0.15, -0.1) is 10.2 Å². The number of nitrogens with zero attached hydrogens (tertiary/aromatic N) is 6. The lowest BCUT2D eigenvalue weighted by Gasteiger charge is -2.04. The number of amides is 1. The van der Waals surface area contributed by atoms with Crippen molar-refractivity contribution < 1.29 is 9.32 Å². The zero-order chi connectivity index (χ0) is 17.9. The van der Waals surface area contributed by atoms with Gasteiger partial charge in [-0.3, -0.25) is 14.2 Å². The van der Waals surface area contributed by atoms with Crippen LogP contribution in [0.3, 0.4) is 0 Å². The van der Waals surface area contributed by atoms with Crippen LogP contribution in [0.4, 0.5) is 0 Å². The molecule has 9 nitrogen and oxygen atoms in total. The summed E-state index contributed by atoms with van der Waals surface area (Å²) in [5, 5.41) is 15.1. The van der Waals surface area contributed by atoms with Gasteiger partial charge in [-0.1, -0.05) is 18.1 Å². The average molecular weight is 349 g/mol. The number of carbonyl (C=O) groups excluding carboxylic acids is 1. The molecule has 1 amide bonds. The summed E-state index contributed by atoms with van der Waals surface area (Å²) in [6, 6.07) is 8.84. The summed E-state index contributed by atoms with van der Waals surface area (Å²) in [5.41, 5.74) is 1.62. The average Bonchev–Trinajstić information content (AvgIpc) is 3.33. The van der Waals surface area contributed by atoms with Gasteiger partial charge in [-0.25, -0.2) is 0 Å². The first-order chi connectivity index (χ1) is 12.8. The van der Waals surface area contributed by atoms with Gasteiger partial charge in [0, 0.05) is 18.8 Å². The van der Waals surface area contributed by atoms with Crippen LogP contribution in [0.25, 0.3) is 17.1 Å². The van der Waals surface area contributed by atoms with Gasteiger partial charge in [0.25, 0.3) is 11.8 Å². The van der Waals surface area contributed by atoms with Crippen LogP contribution in [0.5, 0.6) is 0 Å². The second-order valence-corrected chi connectivity index (χ2v) is 5.50. The number of aryl methyl sites for hydroxylation is 1. The first-order valence-electron chi connectivity index (χ1n) is 8.11. The molecule has 0 aliphatic rings. The molecular formula is C17H15N7O2. The maximum atomic E-state index is 12.1. The third-order valence-corrected chi connectivity index (χ3v) is 3.82. The van der Waals surface area contributed by atoms with Crippen LogP contribution in [0.1, 0.15) is 29.1 Å². The molecule has 26 heavy (non-hydrogen) atoms. The van der Waals surface area contributed by atoms with E-state index in [-0.39, 0.29) is 12.5 Å². The van der Waals surface area contributed by atoms with Gasteiger partial charge in [0.1, 0.15) is 5.69 Å². The third-order valence-electron chi connectivity index (χ3n) is 3.82. The lowest BCUT2D eigenvalue weighted by atomic mass is 10.2. The molecule has 0 aliphatic heterocycles. The van der Waals surface area contributed by atoms with Crippen molar-refractivity contribution in [2.75, 3.05) is 0 Å². The Morgan fingerprint density at radius 3 is 2.92 bits per heavy atom. The van der Waals surface area contributed by atoms with Crippen LogP contribution < -0.4 is 5.32 Å². The summed E-state index contributed by atoms with van der Waals surface area (Å²) in [6.07, 6.45) is 4.07. The van der Waals surface area contributed by atoms with Crippen LogP contribution in [-0.2, 0) is 13.0 Å². The Bertz CT molecular complexity index is 1060. The SMILES string of the molecule is CCc1noc(-c2cccn3c(CNC(=O)c4ccccn4)nnc23)n1. The maximum Gasteiger partial charge on any atom is 0.270 e. The van der Waals surface area contributed by atoms with Crippen LogP contribution in [0, 0.1) is 0 Å². The smallest absolute Gasteiger partial charge is 0.270 e. The Morgan fingerprint density at radius 1 is 1.23 bits per heavy atom. The molecule has 0 aromatic carbocycles. The van der Waals surface area contributed by atoms with Gasteiger partial charge in [0.15, 0.2) is 17.3 Å². The monoisotopic (exact) mass is 349 g/mol. The fourth-order valence-electron chi connectivity index (χ4n) is 2.51. The molecule has 1 N–H and O–H groups in total. The third kappa shape index (κ3) is 2.90. The number of aromatic nitrogens is 6. The van der Waals surface area contributed by atoms with Gasteiger partial charge in [0.2, 0.25) is 0 Å². The molecule has 4 heterocycles. The summed E-state index contributed by atoms with van der Waals surface area (Å²) < 4.78 is 7.08. The van der Waals surface area contributed by atoms with Crippen molar-refractivity contribution in [3.63, 3.8) is 0 Å². The Kier molecular flexibility index (Phi) is 4.10. The predicted octanol–water partition coefficient (Wildman–Crippen LogP) is 1.67. The molecular weight excluding hydrogens is 334 g/mol. The lowest BCUT2D eigenvalue weighted by Crippen LogP contribution is -2.24. The minimum atomic E-state index is -0.275. The highest BCUT2D eigenvalue weighted by molar-refractivity contribution is 5.92. The fourth-order valence-corrected chi connectivity index (χ4v) is 2.51. The number of hydrogen-bond acceptors (Lipinski definition) is 7. The first kappa shape index (κ1) is 15.9. The molecule has 0 radical (unpaired) electrons. The quantitative estimate of drug-likeness (QED) is 0.583. The Balaban J connectivity index is 1.59. The van der Waals surface area contributed by atoms with E-state index in [1.54, 1.807) is 28.8 Å². The van der Waals surface area contributed by atoms with E-state index in [1.165, 1.54) is 0 Å². The van der Waals surface area contributed by atoms with E-state index in [4.69, 9.17) is 4.52 Å². The van der Waals surface area contributed by atoms with E-state index in [0.29, 0.717) is 40.9 Å². The Morgan fingerprint density at radius 2 is 2.15 bits per heavy atom. The van der Waals surface area contributed by atoms with E-state index in [9.17, 15) is 4.79 Å². The number of pyridine rings is 2. The molecule has 4 aromatic heterocycles. The van der Waals surface area contributed by atoms with Crippen molar-refractivity contribution >= 4 is 11.6 Å². The maximum absolute atomic E-state index is 12.1. The van der Waals surface area contributed by atoms with Crippen molar-refractivity contribution in [3.8, 4) is 11.5 Å². The molecule has 0 unspecified atom stereocenters. The van der Waals surface area contributed by atoms with E-state index < -0.39 is 0 Å². The van der Waals surface area contributed by atoms with Gasteiger partial charge in [0.05, 0.1) is 12.1 Å². The predicted molar refractivity (Wildman–Crippen MR) is 91.1 cm³/mol. The van der Waals surface area contributed by atoms with E-state index in [1.807, 2.05) is 25.3 Å². The van der Waals surface area contributed by atoms with Crippen LogP contribution in [-0.4, -0.2) is 35.6 Å². The standard InChI is InChI=1S/C17H15N7O2/c1-2-13-20-17(26-23-13)11-6-5-9-24-14(21-22-15(11)24)10-19-16(25)12-7-3-4-8-18-12/h3-9H,2,10H2,1H3,(H,19,25). The highest BCUT2D eigenvalue weighted by atomic mass is 16.5. The van der Waals surface area contributed by atoms with E-state index >= 15 is 0 Å². The number of nitrogens with one attached hydrogen (secondary N) is 1. The van der Waals surface area contributed by atoms with E-state index in [2.05, 4.69) is 30.6 Å². The second kappa shape index (κ2) is 6.71. The molecule has 0 saturated heterocycles. The number of carbonyl (C=O) groups is 1. The van der Waals surface area contributed by atoms with Crippen molar-refractivity contribution in [2.24, 2.45) is 0 Å². The highest BCUT2D eigenvalue weighted by Gasteiger charge is 2.16. The van der Waals surface area contributed by atoms with Crippen LogP contribution in [0.15, 0.2) is 47.2 Å². The summed E-state index contributed by atoms with van der Waals surface area (Å²) in [6.45, 7) is 2.17. The highest BCUT2D eigenvalue weighted by Crippen LogP contribution is 2.22. The Labute approximate surface area is 148 Å². The molecule has 0 saturated carbocycles. The van der Waals surface area contributed by atoms with Gasteiger partial charge < -0.3 is 9.84 Å². The molecule has 0 fully saturated rings. The van der Waals surface area contributed by atoms with Gasteiger partial charge in [-0.2, -0.15) is 4.98 Å². The van der Waals surface area contributed by atoms with Gasteiger partial charge in [-0.05, 0) is 24.3 Å². The number of hydrogen-bond donors (Lipinski definition) is 1. The second-order valence-electron chi connectivity index (χ2n) is 5.50. The summed E-state index contributed by atoms with van der Waals surface area (Å²) in [4.78, 5) is 20.5. The molecule has 0 spiro atoms. The number of rotatable bonds is 5. The summed E-state index contributed by atoms with van der Waals surface area (Å²) in [7, 11) is 0. The van der Waals surface area contributed by atoms with Crippen molar-refractivity contribution in [1.29, 1.82) is 0 Å². The molecule has 130 valence electrons. The normalized spacial score (nSPS) is 11.0. The lowest BCUT2D eigenvalue weighted by molar-refractivity contribution is 0.0945. The zero-order valence-electron chi connectivity index (χ0n) is 14.0. The van der Waals surface area contributed by atoms with Crippen molar-refractivity contribution in [2.45, 2.75) is 19.9 Å². The molecule has 4 rings (SSSR count). The Hall–Kier alpha value is -3.62. The largest absolute Gasteiger partial charge is 0.343 e. The zero-order valence-corrected chi connectivity index (χ0v) is 14.0. The molecule has 0 atom stereocenters. The minimum Gasteiger partial charge on any atom is -0.343 e. The summed E-state index contributed by atoms with van der Waals surface area (Å²) >= 11 is 0. The van der Waals surface area contributed by atoms with Crippen molar-refractivity contribution in [3.05, 3.63) is 60.1 Å². The first-order valence-corrected chi connectivity index (χ1v) is 8.11. The fraction of sp³-hybridized carbons (Fsp3) is 0.176. The van der Waals surface area contributed by atoms with Gasteiger partial charge >= 0.3 is 0 Å². The minimum absolute atomic E-state index is 0.212. The topological polar surface area (TPSA) is 111 Å². The van der Waals surface area contributed by atoms with Crippen LogP contribution in [0.2, 0.25) is 0 Å². The molecule has 9 heteroatoms. The van der Waals surface area contributed by atoms with Crippen molar-refractivity contribution in [1.82, 2.24) is 35.0 Å². The molecule has 0 bridgehead atoms. The van der Waals surface area contributed by atoms with E-state index in [0.717, 1.165) is 0 Å². The number of fused-ring (bicyclic) bond motifs is 1. The summed E-state index contributed by atoms with van der Waals surface area (Å²) in [5.74, 6) is 1.33. The molecule has 0 aliphatic carbocycles.